The van der Waals surface area contributed by atoms with Gasteiger partial charge in [0.15, 0.2) is 0 Å². The Bertz CT molecular complexity index is 1320. The average Bonchev–Trinajstić information content (AvgIpc) is 3.22. The Kier molecular flexibility index (Phi) is 10.5. The molecule has 0 aliphatic rings. The molecule has 35 heavy (non-hydrogen) atoms. The monoisotopic (exact) mass is 480 g/mol. The Morgan fingerprint density at radius 3 is 2.37 bits per heavy atom. The fourth-order valence-corrected chi connectivity index (χ4v) is 4.16. The predicted octanol–water partition coefficient (Wildman–Crippen LogP) is 4.47. The fraction of sp³-hybridized carbons (Fsp3) is 0.267. The van der Waals surface area contributed by atoms with Crippen molar-refractivity contribution in [2.24, 2.45) is 0 Å². The van der Waals surface area contributed by atoms with Gasteiger partial charge in [-0.2, -0.15) is 0 Å². The summed E-state index contributed by atoms with van der Waals surface area (Å²) in [7, 11) is 0. The van der Waals surface area contributed by atoms with Crippen molar-refractivity contribution in [1.29, 1.82) is 0 Å². The van der Waals surface area contributed by atoms with Crippen LogP contribution in [0.2, 0.25) is 0 Å². The Morgan fingerprint density at radius 2 is 1.69 bits per heavy atom. The summed E-state index contributed by atoms with van der Waals surface area (Å²) in [5.74, 6) is 1.40. The van der Waals surface area contributed by atoms with Crippen LogP contribution >= 0.6 is 0 Å². The van der Waals surface area contributed by atoms with Crippen molar-refractivity contribution in [2.45, 2.75) is 40.5 Å². The van der Waals surface area contributed by atoms with Gasteiger partial charge in [0.2, 0.25) is 0 Å². The van der Waals surface area contributed by atoms with Crippen molar-refractivity contribution in [3.63, 3.8) is 0 Å². The molecule has 0 aliphatic heterocycles. The van der Waals surface area contributed by atoms with Crippen LogP contribution in [0.3, 0.4) is 0 Å². The average molecular weight is 481 g/mol. The van der Waals surface area contributed by atoms with Crippen LogP contribution < -0.4 is 44.1 Å². The van der Waals surface area contributed by atoms with Gasteiger partial charge in [0.1, 0.15) is 22.7 Å². The number of allylic oxidation sites excluding steroid dienone is 2. The maximum atomic E-state index is 12.4. The first-order valence-electron chi connectivity index (χ1n) is 11.4. The number of furan rings is 1. The standard InChI is InChI=1S/C29H30O4.CH4.Na/c1-5-19(4)23-17-20(6-2)28(18-24(23)30)32-16-10-15-31-25-13-14-27-29(21(25)7-3)22-11-8-9-12-26(22)33-27;;/h5,8-9,11-14,17-18,30H,1,4,6-7,10,15-16H2,2-3H3;1H4;/q;;+1/p-1. The van der Waals surface area contributed by atoms with Crippen LogP contribution in [-0.4, -0.2) is 13.2 Å². The molecule has 0 saturated carbocycles. The largest absolute Gasteiger partial charge is 1.00 e. The summed E-state index contributed by atoms with van der Waals surface area (Å²) in [5.41, 5.74) is 5.11. The van der Waals surface area contributed by atoms with Crippen LogP contribution in [-0.2, 0) is 12.8 Å². The normalized spacial score (nSPS) is 10.5. The minimum absolute atomic E-state index is 0. The summed E-state index contributed by atoms with van der Waals surface area (Å²) in [6.07, 6.45) is 3.91. The number of hydrogen-bond donors (Lipinski definition) is 0. The zero-order chi connectivity index (χ0) is 23.4. The number of hydrogen-bond acceptors (Lipinski definition) is 4. The molecule has 0 N–H and O–H groups in total. The Hall–Kier alpha value is -2.66. The smallest absolute Gasteiger partial charge is 0.872 e. The second-order valence-electron chi connectivity index (χ2n) is 7.96. The van der Waals surface area contributed by atoms with Gasteiger partial charge in [-0.15, -0.1) is 0 Å². The zero-order valence-electron chi connectivity index (χ0n) is 20.3. The van der Waals surface area contributed by atoms with Gasteiger partial charge >= 0.3 is 29.6 Å². The molecule has 0 saturated heterocycles. The van der Waals surface area contributed by atoms with Crippen LogP contribution in [0.5, 0.6) is 17.2 Å². The third kappa shape index (κ3) is 5.95. The van der Waals surface area contributed by atoms with E-state index in [4.69, 9.17) is 13.9 Å². The van der Waals surface area contributed by atoms with Crippen molar-refractivity contribution in [3.05, 3.63) is 84.5 Å². The van der Waals surface area contributed by atoms with E-state index < -0.39 is 0 Å². The van der Waals surface area contributed by atoms with Crippen LogP contribution in [0.4, 0.5) is 0 Å². The second-order valence-corrected chi connectivity index (χ2v) is 7.96. The van der Waals surface area contributed by atoms with Crippen molar-refractivity contribution >= 4 is 27.5 Å². The van der Waals surface area contributed by atoms with Crippen LogP contribution in [0.1, 0.15) is 44.4 Å². The molecule has 3 aromatic carbocycles. The van der Waals surface area contributed by atoms with E-state index in [1.165, 1.54) is 0 Å². The molecular formula is C30H33NaO4. The summed E-state index contributed by atoms with van der Waals surface area (Å²) in [6.45, 7) is 12.7. The first-order chi connectivity index (χ1) is 16.1. The third-order valence-electron chi connectivity index (χ3n) is 5.90. The van der Waals surface area contributed by atoms with Crippen molar-refractivity contribution in [1.82, 2.24) is 0 Å². The quantitative estimate of drug-likeness (QED) is 0.191. The van der Waals surface area contributed by atoms with Gasteiger partial charge in [0.05, 0.1) is 13.2 Å². The van der Waals surface area contributed by atoms with E-state index >= 15 is 0 Å². The van der Waals surface area contributed by atoms with Gasteiger partial charge in [-0.3, -0.25) is 0 Å². The van der Waals surface area contributed by atoms with E-state index in [1.54, 1.807) is 12.1 Å². The number of ether oxygens (including phenoxy) is 2. The number of para-hydroxylation sites is 1. The second kappa shape index (κ2) is 12.9. The number of rotatable bonds is 10. The minimum atomic E-state index is -0.100. The summed E-state index contributed by atoms with van der Waals surface area (Å²) in [4.78, 5) is 0. The van der Waals surface area contributed by atoms with E-state index in [-0.39, 0.29) is 42.7 Å². The van der Waals surface area contributed by atoms with Crippen molar-refractivity contribution in [3.8, 4) is 17.2 Å². The van der Waals surface area contributed by atoms with E-state index in [0.29, 0.717) is 36.5 Å². The van der Waals surface area contributed by atoms with Crippen molar-refractivity contribution in [2.75, 3.05) is 13.2 Å². The molecule has 0 spiro atoms. The van der Waals surface area contributed by atoms with Gasteiger partial charge in [-0.1, -0.05) is 64.5 Å². The molecule has 4 nitrogen and oxygen atoms in total. The van der Waals surface area contributed by atoms with Gasteiger partial charge in [0.25, 0.3) is 0 Å². The molecule has 0 fully saturated rings. The molecule has 4 aromatic rings. The van der Waals surface area contributed by atoms with Crippen molar-refractivity contribution < 1.29 is 48.6 Å². The molecule has 5 heteroatoms. The van der Waals surface area contributed by atoms with Gasteiger partial charge in [0, 0.05) is 22.8 Å². The summed E-state index contributed by atoms with van der Waals surface area (Å²) in [5, 5.41) is 14.6. The number of fused-ring (bicyclic) bond motifs is 3. The first-order valence-corrected chi connectivity index (χ1v) is 11.4. The molecule has 0 radical (unpaired) electrons. The Balaban J connectivity index is 0.00000216. The number of aryl methyl sites for hydroxylation is 2. The Morgan fingerprint density at radius 1 is 0.971 bits per heavy atom. The summed E-state index contributed by atoms with van der Waals surface area (Å²) in [6, 6.07) is 15.5. The SMILES string of the molecule is C.C=CC(=C)c1cc(CC)c(OCCCOc2ccc3oc4ccccc4c3c2CC)cc1[O-].[Na+]. The molecule has 1 heterocycles. The van der Waals surface area contributed by atoms with Gasteiger partial charge in [-0.25, -0.2) is 0 Å². The van der Waals surface area contributed by atoms with Crippen LogP contribution in [0.15, 0.2) is 72.2 Å². The van der Waals surface area contributed by atoms with Crippen LogP contribution in [0.25, 0.3) is 27.5 Å². The topological polar surface area (TPSA) is 54.7 Å². The predicted molar refractivity (Wildman–Crippen MR) is 140 cm³/mol. The minimum Gasteiger partial charge on any atom is -0.872 e. The van der Waals surface area contributed by atoms with E-state index in [0.717, 1.165) is 51.7 Å². The fourth-order valence-electron chi connectivity index (χ4n) is 4.16. The molecule has 0 aliphatic carbocycles. The van der Waals surface area contributed by atoms with Crippen LogP contribution in [0, 0.1) is 0 Å². The van der Waals surface area contributed by atoms with Gasteiger partial charge < -0.3 is 19.0 Å². The summed E-state index contributed by atoms with van der Waals surface area (Å²) >= 11 is 0. The first kappa shape index (κ1) is 28.6. The Labute approximate surface area is 230 Å². The molecule has 0 unspecified atom stereocenters. The zero-order valence-corrected chi connectivity index (χ0v) is 22.3. The van der Waals surface area contributed by atoms with E-state index in [2.05, 4.69) is 26.1 Å². The molecule has 0 bridgehead atoms. The van der Waals surface area contributed by atoms with E-state index in [1.807, 2.05) is 43.3 Å². The van der Waals surface area contributed by atoms with E-state index in [9.17, 15) is 5.11 Å². The molecular weight excluding hydrogens is 447 g/mol. The summed E-state index contributed by atoms with van der Waals surface area (Å²) < 4.78 is 18.1. The maximum absolute atomic E-state index is 12.4. The molecule has 1 aromatic heterocycles. The van der Waals surface area contributed by atoms with Gasteiger partial charge in [-0.05, 0) is 59.9 Å². The third-order valence-corrected chi connectivity index (χ3v) is 5.90. The molecule has 4 rings (SSSR count). The number of benzene rings is 3. The molecule has 0 amide bonds. The molecule has 178 valence electrons. The maximum Gasteiger partial charge on any atom is 1.00 e. The molecule has 0 atom stereocenters.